The minimum absolute atomic E-state index is 0.129. The van der Waals surface area contributed by atoms with Crippen molar-refractivity contribution in [3.8, 4) is 11.5 Å². The first-order chi connectivity index (χ1) is 11.5. The molecule has 1 heterocycles. The lowest BCUT2D eigenvalue weighted by molar-refractivity contribution is -0.125. The van der Waals surface area contributed by atoms with E-state index in [9.17, 15) is 9.59 Å². The van der Waals surface area contributed by atoms with Crippen LogP contribution in [0.5, 0.6) is 11.5 Å². The van der Waals surface area contributed by atoms with Crippen LogP contribution in [0, 0.1) is 0 Å². The van der Waals surface area contributed by atoms with Crippen LogP contribution < -0.4 is 19.7 Å². The molecule has 24 heavy (non-hydrogen) atoms. The topological polar surface area (TPSA) is 67.9 Å². The third-order valence-corrected chi connectivity index (χ3v) is 3.91. The number of benzene rings is 2. The highest BCUT2D eigenvalue weighted by molar-refractivity contribution is 6.07. The minimum Gasteiger partial charge on any atom is -0.496 e. The number of fused-ring (bicyclic) bond motifs is 1. The number of nitrogens with zero attached hydrogens (tertiary/aromatic N) is 1. The minimum atomic E-state index is -0.517. The first-order valence-corrected chi connectivity index (χ1v) is 7.54. The summed E-state index contributed by atoms with van der Waals surface area (Å²) >= 11 is 0. The number of anilines is 2. The van der Waals surface area contributed by atoms with Crippen LogP contribution in [0.1, 0.15) is 17.3 Å². The standard InChI is InChI=1S/C18H18N2O4/c1-11-18(22)20(2)14-10-12(8-9-16(14)24-11)19-17(21)13-6-4-5-7-15(13)23-3/h4-11H,1-3H3,(H,19,21)/t11-/m0/s1. The third kappa shape index (κ3) is 2.78. The molecular formula is C18H18N2O4. The van der Waals surface area contributed by atoms with E-state index < -0.39 is 6.10 Å². The van der Waals surface area contributed by atoms with Gasteiger partial charge in [0.15, 0.2) is 6.10 Å². The van der Waals surface area contributed by atoms with Gasteiger partial charge in [0.1, 0.15) is 11.5 Å². The van der Waals surface area contributed by atoms with Gasteiger partial charge in [-0.3, -0.25) is 9.59 Å². The van der Waals surface area contributed by atoms with E-state index >= 15 is 0 Å². The number of ether oxygens (including phenoxy) is 2. The average Bonchev–Trinajstić information content (AvgIpc) is 2.60. The molecule has 0 fully saturated rings. The summed E-state index contributed by atoms with van der Waals surface area (Å²) in [5.41, 5.74) is 1.63. The zero-order valence-corrected chi connectivity index (χ0v) is 13.7. The van der Waals surface area contributed by atoms with Gasteiger partial charge in [-0.2, -0.15) is 0 Å². The summed E-state index contributed by atoms with van der Waals surface area (Å²) < 4.78 is 10.8. The first-order valence-electron chi connectivity index (χ1n) is 7.54. The van der Waals surface area contributed by atoms with Crippen molar-refractivity contribution in [2.45, 2.75) is 13.0 Å². The molecule has 0 bridgehead atoms. The number of rotatable bonds is 3. The molecule has 6 heteroatoms. The van der Waals surface area contributed by atoms with E-state index in [2.05, 4.69) is 5.32 Å². The lowest BCUT2D eigenvalue weighted by Gasteiger charge is -2.30. The molecule has 0 aliphatic carbocycles. The fraction of sp³-hybridized carbons (Fsp3) is 0.222. The second-order valence-electron chi connectivity index (χ2n) is 5.49. The molecule has 1 aliphatic heterocycles. The maximum Gasteiger partial charge on any atom is 0.267 e. The SMILES string of the molecule is COc1ccccc1C(=O)Nc1ccc2c(c1)N(C)C(=O)[C@H](C)O2. The number of amides is 2. The number of likely N-dealkylation sites (N-methyl/N-ethyl adjacent to an activating group) is 1. The molecule has 0 spiro atoms. The molecule has 1 atom stereocenters. The van der Waals surface area contributed by atoms with Gasteiger partial charge >= 0.3 is 0 Å². The number of nitrogens with one attached hydrogen (secondary N) is 1. The summed E-state index contributed by atoms with van der Waals surface area (Å²) in [6.07, 6.45) is -0.517. The normalized spacial score (nSPS) is 16.2. The second kappa shape index (κ2) is 6.23. The van der Waals surface area contributed by atoms with Gasteiger partial charge in [0.05, 0.1) is 18.4 Å². The Labute approximate surface area is 140 Å². The van der Waals surface area contributed by atoms with E-state index in [0.717, 1.165) is 0 Å². The first kappa shape index (κ1) is 15.9. The highest BCUT2D eigenvalue weighted by Gasteiger charge is 2.29. The molecule has 0 radical (unpaired) electrons. The highest BCUT2D eigenvalue weighted by atomic mass is 16.5. The Kier molecular flexibility index (Phi) is 4.12. The maximum atomic E-state index is 12.5. The van der Waals surface area contributed by atoms with Crippen molar-refractivity contribution in [3.63, 3.8) is 0 Å². The van der Waals surface area contributed by atoms with Crippen molar-refractivity contribution in [2.24, 2.45) is 0 Å². The molecule has 0 saturated carbocycles. The molecule has 0 saturated heterocycles. The Morgan fingerprint density at radius 2 is 2.00 bits per heavy atom. The van der Waals surface area contributed by atoms with Gasteiger partial charge in [-0.15, -0.1) is 0 Å². The van der Waals surface area contributed by atoms with Crippen LogP contribution in [0.4, 0.5) is 11.4 Å². The van der Waals surface area contributed by atoms with E-state index in [1.165, 1.54) is 12.0 Å². The molecule has 1 N–H and O–H groups in total. The van der Waals surface area contributed by atoms with Crippen LogP contribution in [0.15, 0.2) is 42.5 Å². The number of carbonyl (C=O) groups excluding carboxylic acids is 2. The summed E-state index contributed by atoms with van der Waals surface area (Å²) in [6, 6.07) is 12.2. The van der Waals surface area contributed by atoms with Crippen LogP contribution in [0.25, 0.3) is 0 Å². The van der Waals surface area contributed by atoms with Gasteiger partial charge in [-0.1, -0.05) is 12.1 Å². The molecule has 6 nitrogen and oxygen atoms in total. The molecule has 1 aliphatic rings. The fourth-order valence-electron chi connectivity index (χ4n) is 2.62. The average molecular weight is 326 g/mol. The van der Waals surface area contributed by atoms with Gasteiger partial charge in [-0.25, -0.2) is 0 Å². The number of methoxy groups -OCH3 is 1. The molecule has 2 amide bonds. The summed E-state index contributed by atoms with van der Waals surface area (Å²) in [7, 11) is 3.20. The maximum absolute atomic E-state index is 12.5. The van der Waals surface area contributed by atoms with E-state index in [1.54, 1.807) is 56.4 Å². The molecule has 0 aromatic heterocycles. The Bertz CT molecular complexity index is 803. The van der Waals surface area contributed by atoms with Crippen LogP contribution in [0.2, 0.25) is 0 Å². The Morgan fingerprint density at radius 3 is 2.75 bits per heavy atom. The zero-order valence-electron chi connectivity index (χ0n) is 13.7. The monoisotopic (exact) mass is 326 g/mol. The lowest BCUT2D eigenvalue weighted by Crippen LogP contribution is -2.41. The Morgan fingerprint density at radius 1 is 1.25 bits per heavy atom. The largest absolute Gasteiger partial charge is 0.496 e. The van der Waals surface area contributed by atoms with Gasteiger partial charge < -0.3 is 19.7 Å². The molecule has 2 aromatic rings. The van der Waals surface area contributed by atoms with Gasteiger partial charge in [0.2, 0.25) is 0 Å². The van der Waals surface area contributed by atoms with E-state index in [1.807, 2.05) is 0 Å². The smallest absolute Gasteiger partial charge is 0.267 e. The second-order valence-corrected chi connectivity index (χ2v) is 5.49. The summed E-state index contributed by atoms with van der Waals surface area (Å²) in [5, 5.41) is 2.82. The third-order valence-electron chi connectivity index (χ3n) is 3.91. The summed E-state index contributed by atoms with van der Waals surface area (Å²) in [5.74, 6) is 0.694. The van der Waals surface area contributed by atoms with Crippen LogP contribution in [-0.4, -0.2) is 32.1 Å². The predicted molar refractivity (Wildman–Crippen MR) is 90.9 cm³/mol. The van der Waals surface area contributed by atoms with E-state index in [0.29, 0.717) is 28.4 Å². The predicted octanol–water partition coefficient (Wildman–Crippen LogP) is 2.69. The van der Waals surface area contributed by atoms with Crippen LogP contribution in [-0.2, 0) is 4.79 Å². The van der Waals surface area contributed by atoms with Crippen LogP contribution >= 0.6 is 0 Å². The lowest BCUT2D eigenvalue weighted by atomic mass is 10.1. The molecule has 2 aromatic carbocycles. The Balaban J connectivity index is 1.87. The van der Waals surface area contributed by atoms with E-state index in [-0.39, 0.29) is 11.8 Å². The van der Waals surface area contributed by atoms with Crippen molar-refractivity contribution in [2.75, 3.05) is 24.4 Å². The molecule has 124 valence electrons. The fourth-order valence-corrected chi connectivity index (χ4v) is 2.62. The summed E-state index contributed by atoms with van der Waals surface area (Å²) in [4.78, 5) is 26.0. The van der Waals surface area contributed by atoms with E-state index in [4.69, 9.17) is 9.47 Å². The van der Waals surface area contributed by atoms with Crippen molar-refractivity contribution >= 4 is 23.2 Å². The number of para-hydroxylation sites is 1. The molecular weight excluding hydrogens is 308 g/mol. The molecule has 3 rings (SSSR count). The quantitative estimate of drug-likeness (QED) is 0.941. The van der Waals surface area contributed by atoms with Gasteiger partial charge in [0, 0.05) is 12.7 Å². The van der Waals surface area contributed by atoms with Crippen LogP contribution in [0.3, 0.4) is 0 Å². The zero-order chi connectivity index (χ0) is 17.3. The van der Waals surface area contributed by atoms with Crippen molar-refractivity contribution in [1.29, 1.82) is 0 Å². The summed E-state index contributed by atoms with van der Waals surface area (Å²) in [6.45, 7) is 1.71. The van der Waals surface area contributed by atoms with Gasteiger partial charge in [-0.05, 0) is 37.3 Å². The van der Waals surface area contributed by atoms with Gasteiger partial charge in [0.25, 0.3) is 11.8 Å². The van der Waals surface area contributed by atoms with Crippen molar-refractivity contribution in [3.05, 3.63) is 48.0 Å². The number of carbonyl (C=O) groups is 2. The van der Waals surface area contributed by atoms with Crippen molar-refractivity contribution in [1.82, 2.24) is 0 Å². The number of hydrogen-bond acceptors (Lipinski definition) is 4. The highest BCUT2D eigenvalue weighted by Crippen LogP contribution is 2.35. The van der Waals surface area contributed by atoms with Crippen molar-refractivity contribution < 1.29 is 19.1 Å². The number of hydrogen-bond donors (Lipinski definition) is 1. The molecule has 0 unspecified atom stereocenters. The Hall–Kier alpha value is -3.02.